The molecule has 21 heavy (non-hydrogen) atoms. The molecule has 0 spiro atoms. The molecule has 0 radical (unpaired) electrons. The molecule has 0 atom stereocenters. The zero-order valence-corrected chi connectivity index (χ0v) is 12.2. The molecule has 0 amide bonds. The number of nitrogens with two attached hydrogens (primary N) is 1. The molecule has 4 N–H and O–H groups in total. The van der Waals surface area contributed by atoms with Crippen molar-refractivity contribution in [2.75, 3.05) is 5.32 Å². The monoisotopic (exact) mass is 307 g/mol. The lowest BCUT2D eigenvalue weighted by Crippen LogP contribution is -2.17. The topological polar surface area (TPSA) is 70.6 Å². The molecular weight excluding hydrogens is 293 g/mol. The van der Waals surface area contributed by atoms with Crippen molar-refractivity contribution in [1.82, 2.24) is 0 Å². The van der Waals surface area contributed by atoms with Gasteiger partial charge in [-0.05, 0) is 42.3 Å². The molecule has 0 bridgehead atoms. The Labute approximate surface area is 127 Å². The third-order valence-electron chi connectivity index (χ3n) is 3.05. The number of hydrogen-bond acceptors (Lipinski definition) is 3. The molecule has 4 nitrogen and oxygen atoms in total. The van der Waals surface area contributed by atoms with Crippen molar-refractivity contribution in [2.45, 2.75) is 13.5 Å². The first-order valence-corrected chi connectivity index (χ1v) is 6.65. The second-order valence-corrected chi connectivity index (χ2v) is 5.03. The molecule has 2 aromatic carbocycles. The number of hydrogen-bond donors (Lipinski definition) is 3. The van der Waals surface area contributed by atoms with E-state index in [4.69, 9.17) is 22.5 Å². The van der Waals surface area contributed by atoms with Gasteiger partial charge in [-0.2, -0.15) is 0 Å². The molecular formula is C15H15ClFN3O. The number of rotatable bonds is 4. The minimum atomic E-state index is -0.450. The van der Waals surface area contributed by atoms with E-state index in [0.717, 1.165) is 11.3 Å². The van der Waals surface area contributed by atoms with Crippen LogP contribution in [0.2, 0.25) is 5.02 Å². The molecule has 0 aliphatic carbocycles. The van der Waals surface area contributed by atoms with Crippen LogP contribution in [0.3, 0.4) is 0 Å². The molecule has 0 saturated carbocycles. The number of nitrogens with one attached hydrogen (secondary N) is 1. The molecule has 110 valence electrons. The van der Waals surface area contributed by atoms with Crippen LogP contribution in [0, 0.1) is 12.7 Å². The Kier molecular flexibility index (Phi) is 4.65. The van der Waals surface area contributed by atoms with E-state index >= 15 is 0 Å². The zero-order valence-electron chi connectivity index (χ0n) is 11.4. The molecule has 0 saturated heterocycles. The van der Waals surface area contributed by atoms with E-state index in [9.17, 15) is 4.39 Å². The molecule has 0 fully saturated rings. The van der Waals surface area contributed by atoms with Gasteiger partial charge < -0.3 is 16.3 Å². The summed E-state index contributed by atoms with van der Waals surface area (Å²) in [6.45, 7) is 2.32. The summed E-state index contributed by atoms with van der Waals surface area (Å²) in [6, 6.07) is 9.77. The number of nitrogens with zero attached hydrogens (tertiary/aromatic N) is 1. The third-order valence-corrected chi connectivity index (χ3v) is 3.36. The Morgan fingerprint density at radius 1 is 1.33 bits per heavy atom. The zero-order chi connectivity index (χ0) is 15.4. The number of aryl methyl sites for hydroxylation is 1. The summed E-state index contributed by atoms with van der Waals surface area (Å²) in [7, 11) is 0. The average Bonchev–Trinajstić information content (AvgIpc) is 2.46. The van der Waals surface area contributed by atoms with Crippen LogP contribution >= 0.6 is 11.6 Å². The van der Waals surface area contributed by atoms with Crippen molar-refractivity contribution >= 4 is 23.1 Å². The van der Waals surface area contributed by atoms with Gasteiger partial charge in [0.15, 0.2) is 5.84 Å². The van der Waals surface area contributed by atoms with Crippen LogP contribution in [-0.4, -0.2) is 11.0 Å². The number of oxime groups is 1. The highest BCUT2D eigenvalue weighted by atomic mass is 35.5. The van der Waals surface area contributed by atoms with Gasteiger partial charge in [0.05, 0.1) is 10.7 Å². The van der Waals surface area contributed by atoms with E-state index in [2.05, 4.69) is 10.5 Å². The Morgan fingerprint density at radius 3 is 2.76 bits per heavy atom. The van der Waals surface area contributed by atoms with Crippen molar-refractivity contribution < 1.29 is 9.60 Å². The van der Waals surface area contributed by atoms with E-state index < -0.39 is 5.82 Å². The number of halogens is 2. The minimum absolute atomic E-state index is 0.138. The van der Waals surface area contributed by atoms with Gasteiger partial charge in [0, 0.05) is 12.1 Å². The minimum Gasteiger partial charge on any atom is -0.409 e. The molecule has 2 aromatic rings. The Morgan fingerprint density at radius 2 is 2.10 bits per heavy atom. The van der Waals surface area contributed by atoms with Gasteiger partial charge in [-0.25, -0.2) is 4.39 Å². The van der Waals surface area contributed by atoms with Crippen molar-refractivity contribution in [1.29, 1.82) is 0 Å². The smallest absolute Gasteiger partial charge is 0.170 e. The highest BCUT2D eigenvalue weighted by Gasteiger charge is 2.09. The van der Waals surface area contributed by atoms with Crippen molar-refractivity contribution in [3.05, 3.63) is 63.9 Å². The average molecular weight is 308 g/mol. The number of benzene rings is 2. The molecule has 2 rings (SSSR count). The molecule has 0 aliphatic heterocycles. The van der Waals surface area contributed by atoms with Crippen molar-refractivity contribution in [3.63, 3.8) is 0 Å². The SMILES string of the molecule is Cc1ccc(NCc2ccc(F)cc2C(N)=NO)c(Cl)c1. The predicted octanol–water partition coefficient (Wildman–Crippen LogP) is 3.49. The Hall–Kier alpha value is -2.27. The molecule has 0 aromatic heterocycles. The van der Waals surface area contributed by atoms with Gasteiger partial charge in [-0.3, -0.25) is 0 Å². The fourth-order valence-corrected chi connectivity index (χ4v) is 2.25. The molecule has 0 heterocycles. The van der Waals surface area contributed by atoms with Crippen LogP contribution in [0.15, 0.2) is 41.6 Å². The van der Waals surface area contributed by atoms with Crippen molar-refractivity contribution in [2.24, 2.45) is 10.9 Å². The first-order chi connectivity index (χ1) is 10.0. The first kappa shape index (κ1) is 15.1. The quantitative estimate of drug-likeness (QED) is 0.350. The molecule has 6 heteroatoms. The fourth-order valence-electron chi connectivity index (χ4n) is 1.95. The summed E-state index contributed by atoms with van der Waals surface area (Å²) in [4.78, 5) is 0. The van der Waals surface area contributed by atoms with Crippen LogP contribution in [0.25, 0.3) is 0 Å². The highest BCUT2D eigenvalue weighted by Crippen LogP contribution is 2.24. The van der Waals surface area contributed by atoms with Gasteiger partial charge >= 0.3 is 0 Å². The van der Waals surface area contributed by atoms with Gasteiger partial charge in [0.2, 0.25) is 0 Å². The largest absolute Gasteiger partial charge is 0.409 e. The number of anilines is 1. The fraction of sp³-hybridized carbons (Fsp3) is 0.133. The van der Waals surface area contributed by atoms with Gasteiger partial charge in [-0.15, -0.1) is 0 Å². The highest BCUT2D eigenvalue weighted by molar-refractivity contribution is 6.33. The summed E-state index contributed by atoms with van der Waals surface area (Å²) in [6.07, 6.45) is 0. The second kappa shape index (κ2) is 6.45. The van der Waals surface area contributed by atoms with E-state index in [1.54, 1.807) is 6.07 Å². The molecule has 0 aliphatic rings. The Bertz CT molecular complexity index is 689. The summed E-state index contributed by atoms with van der Waals surface area (Å²) >= 11 is 6.14. The van der Waals surface area contributed by atoms with Gasteiger partial charge in [-0.1, -0.05) is 28.9 Å². The lowest BCUT2D eigenvalue weighted by atomic mass is 10.1. The van der Waals surface area contributed by atoms with Gasteiger partial charge in [0.25, 0.3) is 0 Å². The Balaban J connectivity index is 2.24. The summed E-state index contributed by atoms with van der Waals surface area (Å²) < 4.78 is 13.3. The summed E-state index contributed by atoms with van der Waals surface area (Å²) in [5, 5.41) is 15.4. The van der Waals surface area contributed by atoms with Crippen LogP contribution in [-0.2, 0) is 6.54 Å². The standard InChI is InChI=1S/C15H15ClFN3O/c1-9-2-5-14(13(16)6-9)19-8-10-3-4-11(17)7-12(10)15(18)20-21/h2-7,19,21H,8H2,1H3,(H2,18,20). The van der Waals surface area contributed by atoms with Crippen LogP contribution in [0.4, 0.5) is 10.1 Å². The van der Waals surface area contributed by atoms with Crippen LogP contribution in [0.5, 0.6) is 0 Å². The van der Waals surface area contributed by atoms with E-state index in [1.807, 2.05) is 25.1 Å². The van der Waals surface area contributed by atoms with E-state index in [1.165, 1.54) is 12.1 Å². The van der Waals surface area contributed by atoms with Gasteiger partial charge in [0.1, 0.15) is 5.82 Å². The summed E-state index contributed by atoms with van der Waals surface area (Å²) in [5.41, 5.74) is 8.42. The normalized spacial score (nSPS) is 11.5. The maximum absolute atomic E-state index is 13.3. The second-order valence-electron chi connectivity index (χ2n) is 4.62. The van der Waals surface area contributed by atoms with E-state index in [0.29, 0.717) is 22.7 Å². The maximum Gasteiger partial charge on any atom is 0.170 e. The molecule has 0 unspecified atom stereocenters. The maximum atomic E-state index is 13.3. The lowest BCUT2D eigenvalue weighted by molar-refractivity contribution is 0.318. The first-order valence-electron chi connectivity index (χ1n) is 6.27. The van der Waals surface area contributed by atoms with Crippen molar-refractivity contribution in [3.8, 4) is 0 Å². The summed E-state index contributed by atoms with van der Waals surface area (Å²) in [5.74, 6) is -0.588. The predicted molar refractivity (Wildman–Crippen MR) is 82.4 cm³/mol. The van der Waals surface area contributed by atoms with Crippen LogP contribution < -0.4 is 11.1 Å². The van der Waals surface area contributed by atoms with Crippen LogP contribution in [0.1, 0.15) is 16.7 Å². The van der Waals surface area contributed by atoms with E-state index in [-0.39, 0.29) is 5.84 Å². The third kappa shape index (κ3) is 3.64. The lowest BCUT2D eigenvalue weighted by Gasteiger charge is -2.12. The number of amidine groups is 1.